The summed E-state index contributed by atoms with van der Waals surface area (Å²) in [5.74, 6) is 1.42. The summed E-state index contributed by atoms with van der Waals surface area (Å²) in [5.41, 5.74) is 2.18. The summed E-state index contributed by atoms with van der Waals surface area (Å²) in [6, 6.07) is 8.51. The Morgan fingerprint density at radius 1 is 1.27 bits per heavy atom. The Bertz CT molecular complexity index is 728. The number of nitrogens with one attached hydrogen (secondary N) is 1. The molecule has 1 aliphatic carbocycles. The highest BCUT2D eigenvalue weighted by molar-refractivity contribution is 7.99. The molecule has 7 heteroatoms. The second kappa shape index (κ2) is 8.66. The third-order valence-corrected chi connectivity index (χ3v) is 5.95. The Labute approximate surface area is 159 Å². The first kappa shape index (κ1) is 18.9. The second-order valence-electron chi connectivity index (χ2n) is 7.34. The van der Waals surface area contributed by atoms with Crippen molar-refractivity contribution in [2.24, 2.45) is 5.92 Å². The lowest BCUT2D eigenvalue weighted by molar-refractivity contribution is -0.119. The van der Waals surface area contributed by atoms with E-state index in [-0.39, 0.29) is 5.91 Å². The molecule has 1 fully saturated rings. The summed E-state index contributed by atoms with van der Waals surface area (Å²) in [6.45, 7) is 6.55. The molecule has 6 nitrogen and oxygen atoms in total. The van der Waals surface area contributed by atoms with E-state index in [9.17, 15) is 4.79 Å². The zero-order chi connectivity index (χ0) is 18.5. The first-order valence-electron chi connectivity index (χ1n) is 9.35. The highest BCUT2D eigenvalue weighted by Gasteiger charge is 2.23. The summed E-state index contributed by atoms with van der Waals surface area (Å²) in [7, 11) is 0. The van der Waals surface area contributed by atoms with Gasteiger partial charge in [0.25, 0.3) is 0 Å². The molecule has 0 unspecified atom stereocenters. The van der Waals surface area contributed by atoms with Gasteiger partial charge in [0.05, 0.1) is 11.4 Å². The van der Waals surface area contributed by atoms with E-state index in [1.807, 2.05) is 12.1 Å². The maximum atomic E-state index is 12.3. The number of hydrogen-bond donors (Lipinski definition) is 1. The molecule has 1 N–H and O–H groups in total. The molecule has 0 spiro atoms. The zero-order valence-corrected chi connectivity index (χ0v) is 16.5. The molecule has 1 aromatic carbocycles. The minimum absolute atomic E-state index is 0.0541. The first-order valence-corrected chi connectivity index (χ1v) is 10.3. The van der Waals surface area contributed by atoms with Crippen molar-refractivity contribution in [2.45, 2.75) is 63.6 Å². The Morgan fingerprint density at radius 2 is 2.00 bits per heavy atom. The number of carbonyl (C=O) groups is 1. The summed E-state index contributed by atoms with van der Waals surface area (Å²) < 4.78 is 1.69. The van der Waals surface area contributed by atoms with E-state index in [4.69, 9.17) is 0 Å². The van der Waals surface area contributed by atoms with E-state index in [0.29, 0.717) is 28.8 Å². The Balaban J connectivity index is 1.59. The Kier molecular flexibility index (Phi) is 6.29. The molecule has 0 aliphatic heterocycles. The third-order valence-electron chi connectivity index (χ3n) is 5.04. The predicted octanol–water partition coefficient (Wildman–Crippen LogP) is 3.57. The molecule has 1 aromatic heterocycles. The monoisotopic (exact) mass is 373 g/mol. The van der Waals surface area contributed by atoms with Gasteiger partial charge >= 0.3 is 0 Å². The van der Waals surface area contributed by atoms with Crippen molar-refractivity contribution in [3.8, 4) is 5.69 Å². The number of nitrogens with zero attached hydrogens (tertiary/aromatic N) is 4. The van der Waals surface area contributed by atoms with Crippen LogP contribution in [0.5, 0.6) is 0 Å². The van der Waals surface area contributed by atoms with Crippen molar-refractivity contribution < 1.29 is 4.79 Å². The number of rotatable bonds is 6. The molecule has 1 heterocycles. The van der Waals surface area contributed by atoms with Crippen LogP contribution in [-0.2, 0) is 4.79 Å². The van der Waals surface area contributed by atoms with E-state index in [0.717, 1.165) is 12.1 Å². The van der Waals surface area contributed by atoms with Crippen molar-refractivity contribution >= 4 is 17.7 Å². The number of tetrazole rings is 1. The van der Waals surface area contributed by atoms with Crippen LogP contribution in [-0.4, -0.2) is 37.9 Å². The SMILES string of the molecule is CC(C)c1ccc(-n2nnnc2SCC(=O)N[C@@H]2CCCC[C@@H]2C)cc1. The van der Waals surface area contributed by atoms with E-state index < -0.39 is 0 Å². The highest BCUT2D eigenvalue weighted by atomic mass is 32.2. The maximum Gasteiger partial charge on any atom is 0.230 e. The summed E-state index contributed by atoms with van der Waals surface area (Å²) in [4.78, 5) is 12.3. The fourth-order valence-electron chi connectivity index (χ4n) is 3.34. The van der Waals surface area contributed by atoms with Gasteiger partial charge in [-0.3, -0.25) is 4.79 Å². The normalized spacial score (nSPS) is 20.3. The first-order chi connectivity index (χ1) is 12.5. The van der Waals surface area contributed by atoms with Crippen LogP contribution in [0, 0.1) is 5.92 Å². The van der Waals surface area contributed by atoms with E-state index in [1.165, 1.54) is 36.6 Å². The number of aromatic nitrogens is 4. The van der Waals surface area contributed by atoms with Crippen LogP contribution in [0.1, 0.15) is 57.9 Å². The average Bonchev–Trinajstić information content (AvgIpc) is 3.10. The minimum atomic E-state index is 0.0541. The molecule has 26 heavy (non-hydrogen) atoms. The number of carbonyl (C=O) groups excluding carboxylic acids is 1. The van der Waals surface area contributed by atoms with Gasteiger partial charge in [-0.2, -0.15) is 4.68 Å². The summed E-state index contributed by atoms with van der Waals surface area (Å²) >= 11 is 1.37. The minimum Gasteiger partial charge on any atom is -0.352 e. The van der Waals surface area contributed by atoms with Crippen LogP contribution in [0.15, 0.2) is 29.4 Å². The maximum absolute atomic E-state index is 12.3. The topological polar surface area (TPSA) is 72.7 Å². The van der Waals surface area contributed by atoms with E-state index in [2.05, 4.69) is 53.7 Å². The highest BCUT2D eigenvalue weighted by Crippen LogP contribution is 2.24. The molecule has 1 saturated carbocycles. The smallest absolute Gasteiger partial charge is 0.230 e. The van der Waals surface area contributed by atoms with Crippen molar-refractivity contribution in [1.82, 2.24) is 25.5 Å². The number of hydrogen-bond acceptors (Lipinski definition) is 5. The molecule has 2 atom stereocenters. The van der Waals surface area contributed by atoms with Crippen molar-refractivity contribution in [3.05, 3.63) is 29.8 Å². The summed E-state index contributed by atoms with van der Waals surface area (Å²) in [5, 5.41) is 15.7. The van der Waals surface area contributed by atoms with Gasteiger partial charge in [0, 0.05) is 6.04 Å². The third kappa shape index (κ3) is 4.63. The van der Waals surface area contributed by atoms with Crippen LogP contribution in [0.2, 0.25) is 0 Å². The molecule has 0 radical (unpaired) electrons. The van der Waals surface area contributed by atoms with Gasteiger partial charge < -0.3 is 5.32 Å². The number of thioether (sulfide) groups is 1. The second-order valence-corrected chi connectivity index (χ2v) is 8.29. The molecule has 0 bridgehead atoms. The van der Waals surface area contributed by atoms with E-state index >= 15 is 0 Å². The molecule has 3 rings (SSSR count). The van der Waals surface area contributed by atoms with Crippen LogP contribution < -0.4 is 5.32 Å². The molecular formula is C19H27N5OS. The van der Waals surface area contributed by atoms with Crippen molar-refractivity contribution in [2.75, 3.05) is 5.75 Å². The Hall–Kier alpha value is -1.89. The molecule has 1 aliphatic rings. The van der Waals surface area contributed by atoms with Crippen LogP contribution >= 0.6 is 11.8 Å². The fraction of sp³-hybridized carbons (Fsp3) is 0.579. The van der Waals surface area contributed by atoms with E-state index in [1.54, 1.807) is 4.68 Å². The van der Waals surface area contributed by atoms with Crippen LogP contribution in [0.25, 0.3) is 5.69 Å². The van der Waals surface area contributed by atoms with Crippen molar-refractivity contribution in [1.29, 1.82) is 0 Å². The lowest BCUT2D eigenvalue weighted by Crippen LogP contribution is -2.41. The van der Waals surface area contributed by atoms with Gasteiger partial charge in [-0.25, -0.2) is 0 Å². The van der Waals surface area contributed by atoms with Gasteiger partial charge in [-0.15, -0.1) is 5.10 Å². The largest absolute Gasteiger partial charge is 0.352 e. The van der Waals surface area contributed by atoms with Gasteiger partial charge in [0.1, 0.15) is 0 Å². The van der Waals surface area contributed by atoms with Crippen molar-refractivity contribution in [3.63, 3.8) is 0 Å². The quantitative estimate of drug-likeness (QED) is 0.784. The van der Waals surface area contributed by atoms with Gasteiger partial charge in [-0.1, -0.05) is 57.5 Å². The summed E-state index contributed by atoms with van der Waals surface area (Å²) in [6.07, 6.45) is 4.75. The van der Waals surface area contributed by atoms with Crippen LogP contribution in [0.4, 0.5) is 0 Å². The predicted molar refractivity (Wildman–Crippen MR) is 104 cm³/mol. The molecule has 0 saturated heterocycles. The number of amides is 1. The molecule has 2 aromatic rings. The standard InChI is InChI=1S/C19H27N5OS/c1-13(2)15-8-10-16(11-9-15)24-19(21-22-23-24)26-12-18(25)20-17-7-5-4-6-14(17)3/h8-11,13-14,17H,4-7,12H2,1-3H3,(H,20,25)/t14-,17+/m0/s1. The molecule has 140 valence electrons. The van der Waals surface area contributed by atoms with Crippen LogP contribution in [0.3, 0.4) is 0 Å². The van der Waals surface area contributed by atoms with Gasteiger partial charge in [-0.05, 0) is 52.8 Å². The average molecular weight is 374 g/mol. The fourth-order valence-corrected chi connectivity index (χ4v) is 4.04. The molecular weight excluding hydrogens is 346 g/mol. The lowest BCUT2D eigenvalue weighted by atomic mass is 9.86. The lowest BCUT2D eigenvalue weighted by Gasteiger charge is -2.29. The molecule has 1 amide bonds. The number of benzene rings is 1. The zero-order valence-electron chi connectivity index (χ0n) is 15.7. The van der Waals surface area contributed by atoms with Gasteiger partial charge in [0.2, 0.25) is 11.1 Å². The van der Waals surface area contributed by atoms with Gasteiger partial charge in [0.15, 0.2) is 0 Å². The Morgan fingerprint density at radius 3 is 2.69 bits per heavy atom.